The molecule has 2 aromatic carbocycles. The smallest absolute Gasteiger partial charge is 0.266 e. The maximum absolute atomic E-state index is 14.7. The number of hydrogen-bond acceptors (Lipinski definition) is 6. The van der Waals surface area contributed by atoms with Crippen molar-refractivity contribution in [1.29, 1.82) is 0 Å². The Balaban J connectivity index is 1.53. The molecule has 0 bridgehead atoms. The Morgan fingerprint density at radius 3 is 2.50 bits per heavy atom. The van der Waals surface area contributed by atoms with E-state index in [1.165, 1.54) is 12.1 Å². The van der Waals surface area contributed by atoms with Crippen LogP contribution in [0.25, 0.3) is 22.2 Å². The molecule has 2 aromatic heterocycles. The lowest BCUT2D eigenvalue weighted by molar-refractivity contribution is 0.146. The van der Waals surface area contributed by atoms with E-state index < -0.39 is 23.8 Å². The van der Waals surface area contributed by atoms with Gasteiger partial charge in [-0.15, -0.1) is 0 Å². The van der Waals surface area contributed by atoms with Crippen LogP contribution in [0.4, 0.5) is 19.0 Å². The van der Waals surface area contributed by atoms with Gasteiger partial charge in [-0.1, -0.05) is 24.3 Å². The summed E-state index contributed by atoms with van der Waals surface area (Å²) >= 11 is 0. The quantitative estimate of drug-likeness (QED) is 0.388. The number of ether oxygens (including phenoxy) is 2. The molecule has 4 aromatic rings. The first-order valence-electron chi connectivity index (χ1n) is 10.8. The number of anilines is 1. The third-order valence-corrected chi connectivity index (χ3v) is 5.65. The number of benzene rings is 2. The van der Waals surface area contributed by atoms with E-state index in [0.717, 1.165) is 17.2 Å². The second kappa shape index (κ2) is 8.81. The molecular weight excluding hydrogens is 445 g/mol. The summed E-state index contributed by atoms with van der Waals surface area (Å²) in [5.74, 6) is 1.33. The molecule has 9 heteroatoms. The minimum atomic E-state index is -2.90. The number of nitrogens with one attached hydrogen (secondary N) is 1. The predicted octanol–water partition coefficient (Wildman–Crippen LogP) is 6.02. The van der Waals surface area contributed by atoms with Crippen molar-refractivity contribution < 1.29 is 22.6 Å². The Hall–Kier alpha value is -3.88. The van der Waals surface area contributed by atoms with Gasteiger partial charge in [0.05, 0.1) is 17.0 Å². The number of alkyl halides is 2. The largest absolute Gasteiger partial charge is 0.486 e. The Kier molecular flexibility index (Phi) is 5.69. The molecule has 174 valence electrons. The summed E-state index contributed by atoms with van der Waals surface area (Å²) in [6, 6.07) is 10.9. The van der Waals surface area contributed by atoms with Crippen molar-refractivity contribution in [1.82, 2.24) is 15.0 Å². The molecule has 6 nitrogen and oxygen atoms in total. The van der Waals surface area contributed by atoms with Crippen LogP contribution in [0.1, 0.15) is 36.3 Å². The first kappa shape index (κ1) is 21.9. The van der Waals surface area contributed by atoms with Crippen LogP contribution >= 0.6 is 0 Å². The third kappa shape index (κ3) is 4.09. The van der Waals surface area contributed by atoms with Crippen LogP contribution in [0.15, 0.2) is 48.7 Å². The zero-order valence-corrected chi connectivity index (χ0v) is 18.5. The van der Waals surface area contributed by atoms with E-state index in [9.17, 15) is 13.2 Å². The van der Waals surface area contributed by atoms with E-state index in [1.54, 1.807) is 20.0 Å². The number of halogens is 3. The summed E-state index contributed by atoms with van der Waals surface area (Å²) < 4.78 is 52.3. The molecule has 1 atom stereocenters. The number of rotatable bonds is 5. The van der Waals surface area contributed by atoms with Crippen molar-refractivity contribution in [3.8, 4) is 22.6 Å². The molecule has 5 rings (SSSR count). The van der Waals surface area contributed by atoms with Crippen molar-refractivity contribution >= 4 is 16.9 Å². The van der Waals surface area contributed by atoms with E-state index >= 15 is 0 Å². The molecule has 0 saturated heterocycles. The summed E-state index contributed by atoms with van der Waals surface area (Å²) in [6.45, 7) is 4.40. The molecule has 0 saturated carbocycles. The third-order valence-electron chi connectivity index (χ3n) is 5.65. The molecule has 0 amide bonds. The Morgan fingerprint density at radius 2 is 1.71 bits per heavy atom. The zero-order chi connectivity index (χ0) is 23.8. The molecule has 34 heavy (non-hydrogen) atoms. The minimum absolute atomic E-state index is 0.123. The van der Waals surface area contributed by atoms with Crippen LogP contribution in [-0.4, -0.2) is 28.2 Å². The van der Waals surface area contributed by atoms with Crippen molar-refractivity contribution in [3.63, 3.8) is 0 Å². The topological polar surface area (TPSA) is 69.2 Å². The van der Waals surface area contributed by atoms with E-state index in [0.29, 0.717) is 47.4 Å². The van der Waals surface area contributed by atoms with Gasteiger partial charge in [0.2, 0.25) is 0 Å². The Bertz CT molecular complexity index is 1380. The van der Waals surface area contributed by atoms with Gasteiger partial charge >= 0.3 is 0 Å². The Morgan fingerprint density at radius 1 is 0.941 bits per heavy atom. The molecule has 0 unspecified atom stereocenters. The first-order chi connectivity index (χ1) is 16.4. The van der Waals surface area contributed by atoms with E-state index in [4.69, 9.17) is 9.47 Å². The average molecular weight is 466 g/mol. The maximum atomic E-state index is 14.7. The normalized spacial score (nSPS) is 13.8. The lowest BCUT2D eigenvalue weighted by Crippen LogP contribution is -2.15. The molecular formula is C25H21F3N4O2. The number of pyridine rings is 1. The highest BCUT2D eigenvalue weighted by Crippen LogP contribution is 2.36. The van der Waals surface area contributed by atoms with Gasteiger partial charge in [-0.05, 0) is 37.6 Å². The molecule has 0 aliphatic carbocycles. The highest BCUT2D eigenvalue weighted by molar-refractivity contribution is 5.90. The van der Waals surface area contributed by atoms with Crippen molar-refractivity contribution in [2.75, 3.05) is 18.5 Å². The average Bonchev–Trinajstić information content (AvgIpc) is 2.83. The summed E-state index contributed by atoms with van der Waals surface area (Å²) in [4.78, 5) is 13.4. The molecule has 1 aliphatic rings. The van der Waals surface area contributed by atoms with Crippen molar-refractivity contribution in [2.24, 2.45) is 0 Å². The number of hydrogen-bond donors (Lipinski definition) is 1. The van der Waals surface area contributed by atoms with Gasteiger partial charge in [0.1, 0.15) is 30.7 Å². The summed E-state index contributed by atoms with van der Waals surface area (Å²) in [7, 11) is 0. The number of fused-ring (bicyclic) bond motifs is 2. The van der Waals surface area contributed by atoms with Crippen LogP contribution < -0.4 is 14.8 Å². The minimum Gasteiger partial charge on any atom is -0.486 e. The number of aromatic nitrogens is 3. The van der Waals surface area contributed by atoms with Gasteiger partial charge in [-0.2, -0.15) is 0 Å². The summed E-state index contributed by atoms with van der Waals surface area (Å²) in [6.07, 6.45) is -1.19. The van der Waals surface area contributed by atoms with Gasteiger partial charge < -0.3 is 14.8 Å². The predicted molar refractivity (Wildman–Crippen MR) is 122 cm³/mol. The SMILES string of the molecule is Cc1nc(N[C@H](C)c2cccc(C(F)F)c2F)c2cc(-c3ccc4c(c3)OCCO4)cnc2n1. The van der Waals surface area contributed by atoms with E-state index in [-0.39, 0.29) is 5.56 Å². The van der Waals surface area contributed by atoms with Crippen LogP contribution in [0.3, 0.4) is 0 Å². The van der Waals surface area contributed by atoms with Crippen LogP contribution in [0.2, 0.25) is 0 Å². The fraction of sp³-hybridized carbons (Fsp3) is 0.240. The van der Waals surface area contributed by atoms with Crippen LogP contribution in [0.5, 0.6) is 11.5 Å². The summed E-state index contributed by atoms with van der Waals surface area (Å²) in [5, 5.41) is 3.78. The highest BCUT2D eigenvalue weighted by Gasteiger charge is 2.21. The fourth-order valence-corrected chi connectivity index (χ4v) is 3.97. The molecule has 0 spiro atoms. The van der Waals surface area contributed by atoms with Gasteiger partial charge in [0.25, 0.3) is 6.43 Å². The Labute approximate surface area is 193 Å². The van der Waals surface area contributed by atoms with Crippen LogP contribution in [0, 0.1) is 12.7 Å². The number of nitrogens with zero attached hydrogens (tertiary/aromatic N) is 3. The van der Waals surface area contributed by atoms with Gasteiger partial charge in [0.15, 0.2) is 17.1 Å². The monoisotopic (exact) mass is 466 g/mol. The van der Waals surface area contributed by atoms with E-state index in [1.807, 2.05) is 24.3 Å². The van der Waals surface area contributed by atoms with Gasteiger partial charge in [0, 0.05) is 17.3 Å². The lowest BCUT2D eigenvalue weighted by Gasteiger charge is -2.19. The lowest BCUT2D eigenvalue weighted by atomic mass is 10.0. The van der Waals surface area contributed by atoms with E-state index in [2.05, 4.69) is 20.3 Å². The first-order valence-corrected chi connectivity index (χ1v) is 10.8. The maximum Gasteiger partial charge on any atom is 0.266 e. The number of aryl methyl sites for hydroxylation is 1. The van der Waals surface area contributed by atoms with Crippen LogP contribution in [-0.2, 0) is 0 Å². The van der Waals surface area contributed by atoms with Gasteiger partial charge in [-0.25, -0.2) is 28.1 Å². The molecule has 1 aliphatic heterocycles. The second-order valence-corrected chi connectivity index (χ2v) is 7.99. The molecule has 0 fully saturated rings. The second-order valence-electron chi connectivity index (χ2n) is 7.99. The standard InChI is InChI=1S/C25H21F3N4O2/c1-13(17-4-3-5-18(22(17)26)23(27)28)30-25-19-10-16(12-29-24(19)31-14(2)32-25)15-6-7-20-21(11-15)34-9-8-33-20/h3-7,10-13,23H,8-9H2,1-2H3,(H,29,30,31,32)/t13-/m1/s1. The molecule has 1 N–H and O–H groups in total. The summed E-state index contributed by atoms with van der Waals surface area (Å²) in [5.41, 5.74) is 1.63. The highest BCUT2D eigenvalue weighted by atomic mass is 19.3. The fourth-order valence-electron chi connectivity index (χ4n) is 3.97. The zero-order valence-electron chi connectivity index (χ0n) is 18.5. The molecule has 3 heterocycles. The van der Waals surface area contributed by atoms with Crippen molar-refractivity contribution in [3.05, 3.63) is 71.4 Å². The molecule has 0 radical (unpaired) electrons. The van der Waals surface area contributed by atoms with Gasteiger partial charge in [-0.3, -0.25) is 0 Å². The van der Waals surface area contributed by atoms with Crippen molar-refractivity contribution in [2.45, 2.75) is 26.3 Å².